The summed E-state index contributed by atoms with van der Waals surface area (Å²) in [7, 11) is 0. The van der Waals surface area contributed by atoms with Crippen LogP contribution >= 0.6 is 0 Å². The highest BCUT2D eigenvalue weighted by Gasteiger charge is 2.35. The molecule has 5 heteroatoms. The Bertz CT molecular complexity index is 503. The van der Waals surface area contributed by atoms with Crippen LogP contribution in [0.15, 0.2) is 30.3 Å². The van der Waals surface area contributed by atoms with Crippen LogP contribution in [0.25, 0.3) is 0 Å². The number of nitrogens with zero attached hydrogens (tertiary/aromatic N) is 1. The maximum Gasteiger partial charge on any atom is 0.245 e. The molecule has 0 spiro atoms. The van der Waals surface area contributed by atoms with Crippen molar-refractivity contribution in [3.8, 4) is 0 Å². The molecule has 1 aromatic carbocycles. The van der Waals surface area contributed by atoms with E-state index in [0.717, 1.165) is 18.7 Å². The van der Waals surface area contributed by atoms with Gasteiger partial charge in [-0.3, -0.25) is 9.59 Å². The topological polar surface area (TPSA) is 61.4 Å². The maximum absolute atomic E-state index is 12.6. The number of nitrogens with one attached hydrogen (secondary N) is 2. The Labute approximate surface area is 118 Å². The van der Waals surface area contributed by atoms with E-state index in [-0.39, 0.29) is 23.9 Å². The van der Waals surface area contributed by atoms with Gasteiger partial charge in [0.05, 0.1) is 6.04 Å². The molecule has 3 rings (SSSR count). The monoisotopic (exact) mass is 273 g/mol. The zero-order valence-corrected chi connectivity index (χ0v) is 11.3. The molecule has 1 aromatic rings. The van der Waals surface area contributed by atoms with E-state index in [1.165, 1.54) is 0 Å². The minimum atomic E-state index is -0.341. The van der Waals surface area contributed by atoms with Crippen molar-refractivity contribution in [2.75, 3.05) is 19.6 Å². The fraction of sp³-hybridized carbons (Fsp3) is 0.467. The van der Waals surface area contributed by atoms with Crippen LogP contribution < -0.4 is 10.6 Å². The average Bonchev–Trinajstić information content (AvgIpc) is 2.94. The Balaban J connectivity index is 1.78. The fourth-order valence-corrected chi connectivity index (χ4v) is 2.94. The van der Waals surface area contributed by atoms with E-state index in [2.05, 4.69) is 10.6 Å². The number of carbonyl (C=O) groups excluding carboxylic acids is 2. The number of hydrogen-bond donors (Lipinski definition) is 2. The predicted molar refractivity (Wildman–Crippen MR) is 74.9 cm³/mol. The highest BCUT2D eigenvalue weighted by molar-refractivity contribution is 5.91. The van der Waals surface area contributed by atoms with Crippen molar-refractivity contribution in [1.29, 1.82) is 0 Å². The molecule has 0 aliphatic carbocycles. The minimum absolute atomic E-state index is 0.0188. The molecule has 2 aliphatic rings. The molecule has 2 unspecified atom stereocenters. The van der Waals surface area contributed by atoms with Gasteiger partial charge in [0.25, 0.3) is 0 Å². The van der Waals surface area contributed by atoms with Crippen LogP contribution in [0.5, 0.6) is 0 Å². The number of amides is 2. The Morgan fingerprint density at radius 1 is 1.25 bits per heavy atom. The van der Waals surface area contributed by atoms with Gasteiger partial charge < -0.3 is 15.5 Å². The second kappa shape index (κ2) is 5.63. The van der Waals surface area contributed by atoms with Crippen LogP contribution in [-0.2, 0) is 9.59 Å². The Kier molecular flexibility index (Phi) is 3.69. The first-order valence-corrected chi connectivity index (χ1v) is 7.11. The smallest absolute Gasteiger partial charge is 0.245 e. The summed E-state index contributed by atoms with van der Waals surface area (Å²) in [6.07, 6.45) is 1.07. The number of rotatable bonds is 2. The second-order valence-corrected chi connectivity index (χ2v) is 5.32. The third-order valence-corrected chi connectivity index (χ3v) is 4.00. The zero-order chi connectivity index (χ0) is 13.9. The van der Waals surface area contributed by atoms with Crippen molar-refractivity contribution in [3.05, 3.63) is 35.9 Å². The zero-order valence-electron chi connectivity index (χ0n) is 11.3. The van der Waals surface area contributed by atoms with Gasteiger partial charge in [-0.2, -0.15) is 0 Å². The lowest BCUT2D eigenvalue weighted by molar-refractivity contribution is -0.137. The van der Waals surface area contributed by atoms with E-state index in [1.807, 2.05) is 35.2 Å². The molecule has 2 amide bonds. The van der Waals surface area contributed by atoms with Crippen molar-refractivity contribution in [2.24, 2.45) is 0 Å². The average molecular weight is 273 g/mol. The molecule has 2 atom stereocenters. The minimum Gasteiger partial charge on any atom is -0.344 e. The molecular weight excluding hydrogens is 254 g/mol. The second-order valence-electron chi connectivity index (χ2n) is 5.32. The van der Waals surface area contributed by atoms with Crippen molar-refractivity contribution in [1.82, 2.24) is 15.5 Å². The van der Waals surface area contributed by atoms with Gasteiger partial charge in [-0.25, -0.2) is 0 Å². The Morgan fingerprint density at radius 3 is 2.75 bits per heavy atom. The van der Waals surface area contributed by atoms with Gasteiger partial charge in [-0.15, -0.1) is 0 Å². The van der Waals surface area contributed by atoms with E-state index < -0.39 is 0 Å². The van der Waals surface area contributed by atoms with Crippen molar-refractivity contribution < 1.29 is 9.59 Å². The van der Waals surface area contributed by atoms with Crippen LogP contribution in [0.2, 0.25) is 0 Å². The van der Waals surface area contributed by atoms with Crippen LogP contribution in [0.4, 0.5) is 0 Å². The summed E-state index contributed by atoms with van der Waals surface area (Å²) in [4.78, 5) is 25.8. The summed E-state index contributed by atoms with van der Waals surface area (Å²) >= 11 is 0. The van der Waals surface area contributed by atoms with E-state index in [9.17, 15) is 9.59 Å². The van der Waals surface area contributed by atoms with Gasteiger partial charge in [0, 0.05) is 26.1 Å². The molecule has 2 saturated heterocycles. The summed E-state index contributed by atoms with van der Waals surface area (Å²) in [5.74, 6) is 0.0287. The molecule has 2 fully saturated rings. The predicted octanol–water partition coefficient (Wildman–Crippen LogP) is 0.438. The SMILES string of the molecule is O=C1CCC(C(=O)N2CCNCC2c2ccccc2)N1. The molecular formula is C15H19N3O2. The van der Waals surface area contributed by atoms with E-state index in [0.29, 0.717) is 19.4 Å². The summed E-state index contributed by atoms with van der Waals surface area (Å²) in [6.45, 7) is 2.25. The first-order chi connectivity index (χ1) is 9.75. The Hall–Kier alpha value is -1.88. The first-order valence-electron chi connectivity index (χ1n) is 7.11. The normalized spacial score (nSPS) is 26.4. The molecule has 5 nitrogen and oxygen atoms in total. The molecule has 0 bridgehead atoms. The van der Waals surface area contributed by atoms with Gasteiger partial charge in [0.1, 0.15) is 6.04 Å². The summed E-state index contributed by atoms with van der Waals surface area (Å²) < 4.78 is 0. The van der Waals surface area contributed by atoms with Crippen LogP contribution in [0.1, 0.15) is 24.4 Å². The number of piperazine rings is 1. The van der Waals surface area contributed by atoms with Crippen molar-refractivity contribution in [3.63, 3.8) is 0 Å². The molecule has 2 N–H and O–H groups in total. The number of benzene rings is 1. The molecule has 0 aromatic heterocycles. The molecule has 0 radical (unpaired) electrons. The first kappa shape index (κ1) is 13.1. The van der Waals surface area contributed by atoms with E-state index in [1.54, 1.807) is 0 Å². The van der Waals surface area contributed by atoms with Gasteiger partial charge in [-0.1, -0.05) is 30.3 Å². The summed E-state index contributed by atoms with van der Waals surface area (Å²) in [5, 5.41) is 6.11. The quantitative estimate of drug-likeness (QED) is 0.822. The highest BCUT2D eigenvalue weighted by Crippen LogP contribution is 2.24. The molecule has 0 saturated carbocycles. The summed E-state index contributed by atoms with van der Waals surface area (Å²) in [5.41, 5.74) is 1.14. The van der Waals surface area contributed by atoms with Crippen molar-refractivity contribution >= 4 is 11.8 Å². The number of hydrogen-bond acceptors (Lipinski definition) is 3. The van der Waals surface area contributed by atoms with Gasteiger partial charge >= 0.3 is 0 Å². The van der Waals surface area contributed by atoms with Gasteiger partial charge in [-0.05, 0) is 12.0 Å². The fourth-order valence-electron chi connectivity index (χ4n) is 2.94. The van der Waals surface area contributed by atoms with Crippen LogP contribution in [0.3, 0.4) is 0 Å². The molecule has 2 heterocycles. The van der Waals surface area contributed by atoms with Crippen molar-refractivity contribution in [2.45, 2.75) is 24.9 Å². The Morgan fingerprint density at radius 2 is 2.05 bits per heavy atom. The lowest BCUT2D eigenvalue weighted by atomic mass is 10.0. The summed E-state index contributed by atoms with van der Waals surface area (Å²) in [6, 6.07) is 9.76. The molecule has 20 heavy (non-hydrogen) atoms. The van der Waals surface area contributed by atoms with E-state index in [4.69, 9.17) is 0 Å². The molecule has 106 valence electrons. The third-order valence-electron chi connectivity index (χ3n) is 4.00. The lowest BCUT2D eigenvalue weighted by Crippen LogP contribution is -2.53. The van der Waals surface area contributed by atoms with Gasteiger partial charge in [0.2, 0.25) is 11.8 Å². The lowest BCUT2D eigenvalue weighted by Gasteiger charge is -2.38. The van der Waals surface area contributed by atoms with Gasteiger partial charge in [0.15, 0.2) is 0 Å². The van der Waals surface area contributed by atoms with Crippen LogP contribution in [-0.4, -0.2) is 42.4 Å². The third kappa shape index (κ3) is 2.54. The maximum atomic E-state index is 12.6. The van der Waals surface area contributed by atoms with Crippen LogP contribution in [0, 0.1) is 0 Å². The number of carbonyl (C=O) groups is 2. The highest BCUT2D eigenvalue weighted by atomic mass is 16.2. The standard InChI is InChI=1S/C15H19N3O2/c19-14-7-6-12(17-14)15(20)18-9-8-16-10-13(18)11-4-2-1-3-5-11/h1-5,12-13,16H,6-10H2,(H,17,19). The molecule has 2 aliphatic heterocycles. The largest absolute Gasteiger partial charge is 0.344 e. The van der Waals surface area contributed by atoms with E-state index >= 15 is 0 Å².